The second-order valence-electron chi connectivity index (χ2n) is 5.31. The molecule has 0 amide bonds. The van der Waals surface area contributed by atoms with Crippen molar-refractivity contribution in [1.82, 2.24) is 0 Å². The zero-order valence-corrected chi connectivity index (χ0v) is 11.7. The molecular formula is C17H15NO4. The number of aliphatic hydroxyl groups excluding tert-OH is 2. The Kier molecular flexibility index (Phi) is 3.52. The normalized spacial score (nSPS) is 14.5. The van der Waals surface area contributed by atoms with Gasteiger partial charge in [-0.05, 0) is 11.6 Å². The Bertz CT molecular complexity index is 782. The summed E-state index contributed by atoms with van der Waals surface area (Å²) < 4.78 is 0. The molecule has 0 aliphatic heterocycles. The van der Waals surface area contributed by atoms with Gasteiger partial charge in [0.1, 0.15) is 0 Å². The fourth-order valence-corrected chi connectivity index (χ4v) is 2.75. The molecule has 5 nitrogen and oxygen atoms in total. The van der Waals surface area contributed by atoms with E-state index in [4.69, 9.17) is 10.8 Å². The summed E-state index contributed by atoms with van der Waals surface area (Å²) in [7, 11) is 0. The van der Waals surface area contributed by atoms with Gasteiger partial charge in [-0.15, -0.1) is 0 Å². The first-order chi connectivity index (χ1) is 10.5. The Labute approximate surface area is 127 Å². The smallest absolute Gasteiger partial charge is 0.196 e. The molecular weight excluding hydrogens is 282 g/mol. The van der Waals surface area contributed by atoms with Gasteiger partial charge in [0.2, 0.25) is 0 Å². The van der Waals surface area contributed by atoms with Crippen LogP contribution in [0.25, 0.3) is 0 Å². The molecule has 0 aromatic heterocycles. The van der Waals surface area contributed by atoms with Crippen molar-refractivity contribution in [3.63, 3.8) is 0 Å². The van der Waals surface area contributed by atoms with Crippen molar-refractivity contribution in [2.45, 2.75) is 12.5 Å². The van der Waals surface area contributed by atoms with Crippen molar-refractivity contribution < 1.29 is 19.8 Å². The van der Waals surface area contributed by atoms with E-state index in [-0.39, 0.29) is 34.8 Å². The second kappa shape index (κ2) is 5.36. The summed E-state index contributed by atoms with van der Waals surface area (Å²) in [6, 6.07) is 9.81. The summed E-state index contributed by atoms with van der Waals surface area (Å²) in [4.78, 5) is 25.1. The van der Waals surface area contributed by atoms with Crippen molar-refractivity contribution in [3.05, 3.63) is 64.2 Å². The monoisotopic (exact) mass is 297 g/mol. The molecule has 0 saturated carbocycles. The number of carbonyl (C=O) groups is 2. The van der Waals surface area contributed by atoms with E-state index in [9.17, 15) is 14.7 Å². The minimum atomic E-state index is -0.956. The Hall–Kier alpha value is -2.50. The molecule has 0 saturated heterocycles. The van der Waals surface area contributed by atoms with Gasteiger partial charge in [-0.3, -0.25) is 9.59 Å². The molecule has 4 N–H and O–H groups in total. The molecule has 2 aromatic rings. The van der Waals surface area contributed by atoms with Gasteiger partial charge in [0.15, 0.2) is 11.6 Å². The van der Waals surface area contributed by atoms with Crippen LogP contribution >= 0.6 is 0 Å². The van der Waals surface area contributed by atoms with Crippen LogP contribution in [0.1, 0.15) is 37.4 Å². The highest BCUT2D eigenvalue weighted by Gasteiger charge is 2.31. The lowest BCUT2D eigenvalue weighted by Crippen LogP contribution is -2.24. The largest absolute Gasteiger partial charge is 0.398 e. The molecule has 0 fully saturated rings. The van der Waals surface area contributed by atoms with Crippen molar-refractivity contribution in [1.29, 1.82) is 0 Å². The maximum atomic E-state index is 12.6. The average molecular weight is 297 g/mol. The van der Waals surface area contributed by atoms with Gasteiger partial charge in [-0.2, -0.15) is 0 Å². The van der Waals surface area contributed by atoms with Crippen molar-refractivity contribution >= 4 is 17.3 Å². The standard InChI is InChI=1S/C17H15NO4/c18-15-9(7-10(20)8-19)5-6-13-14(15)17(22)12-4-2-1-3-11(12)16(13)21/h1-6,10,19-20H,7-8,18H2. The number of hydrogen-bond donors (Lipinski definition) is 3. The van der Waals surface area contributed by atoms with E-state index in [2.05, 4.69) is 0 Å². The third-order valence-electron chi connectivity index (χ3n) is 3.89. The van der Waals surface area contributed by atoms with Crippen molar-refractivity contribution in [2.24, 2.45) is 0 Å². The number of benzene rings is 2. The summed E-state index contributed by atoms with van der Waals surface area (Å²) in [6.07, 6.45) is -0.833. The molecule has 1 aliphatic rings. The number of fused-ring (bicyclic) bond motifs is 2. The van der Waals surface area contributed by atoms with Crippen LogP contribution in [0.5, 0.6) is 0 Å². The SMILES string of the molecule is Nc1c(CC(O)CO)ccc2c1C(=O)c1ccccc1C2=O. The van der Waals surface area contributed by atoms with Crippen LogP contribution in [-0.2, 0) is 6.42 Å². The Morgan fingerprint density at radius 2 is 1.59 bits per heavy atom. The molecule has 2 aromatic carbocycles. The van der Waals surface area contributed by atoms with E-state index in [1.54, 1.807) is 36.4 Å². The molecule has 1 unspecified atom stereocenters. The molecule has 0 heterocycles. The first-order valence-corrected chi connectivity index (χ1v) is 6.93. The quantitative estimate of drug-likeness (QED) is 0.625. The predicted molar refractivity (Wildman–Crippen MR) is 81.0 cm³/mol. The van der Waals surface area contributed by atoms with Gasteiger partial charge in [0, 0.05) is 28.8 Å². The number of carbonyl (C=O) groups excluding carboxylic acids is 2. The topological polar surface area (TPSA) is 101 Å². The summed E-state index contributed by atoms with van der Waals surface area (Å²) in [5.74, 6) is -0.519. The highest BCUT2D eigenvalue weighted by atomic mass is 16.3. The number of aliphatic hydroxyl groups is 2. The zero-order chi connectivity index (χ0) is 15.9. The number of anilines is 1. The molecule has 1 atom stereocenters. The first-order valence-electron chi connectivity index (χ1n) is 6.93. The van der Waals surface area contributed by atoms with Gasteiger partial charge in [0.25, 0.3) is 0 Å². The van der Waals surface area contributed by atoms with Crippen LogP contribution in [-0.4, -0.2) is 34.5 Å². The third kappa shape index (κ3) is 2.11. The van der Waals surface area contributed by atoms with Gasteiger partial charge in [0.05, 0.1) is 18.3 Å². The Morgan fingerprint density at radius 1 is 0.955 bits per heavy atom. The summed E-state index contributed by atoms with van der Waals surface area (Å²) >= 11 is 0. The van der Waals surface area contributed by atoms with Crippen LogP contribution in [0.3, 0.4) is 0 Å². The lowest BCUT2D eigenvalue weighted by atomic mass is 9.82. The van der Waals surface area contributed by atoms with Crippen LogP contribution in [0.15, 0.2) is 36.4 Å². The van der Waals surface area contributed by atoms with E-state index < -0.39 is 12.7 Å². The van der Waals surface area contributed by atoms with Crippen molar-refractivity contribution in [3.8, 4) is 0 Å². The highest BCUT2D eigenvalue weighted by molar-refractivity contribution is 6.30. The first kappa shape index (κ1) is 14.4. The van der Waals surface area contributed by atoms with E-state index >= 15 is 0 Å². The van der Waals surface area contributed by atoms with E-state index in [0.29, 0.717) is 16.7 Å². The van der Waals surface area contributed by atoms with Crippen LogP contribution in [0, 0.1) is 0 Å². The van der Waals surface area contributed by atoms with Gasteiger partial charge in [-0.1, -0.05) is 30.3 Å². The summed E-state index contributed by atoms with van der Waals surface area (Å²) in [5.41, 5.74) is 7.97. The van der Waals surface area contributed by atoms with E-state index in [1.165, 1.54) is 0 Å². The molecule has 5 heteroatoms. The van der Waals surface area contributed by atoms with Crippen LogP contribution in [0.2, 0.25) is 0 Å². The lowest BCUT2D eigenvalue weighted by molar-refractivity contribution is 0.0953. The minimum absolute atomic E-state index is 0.124. The van der Waals surface area contributed by atoms with Crippen molar-refractivity contribution in [2.75, 3.05) is 12.3 Å². The lowest BCUT2D eigenvalue weighted by Gasteiger charge is -2.21. The Morgan fingerprint density at radius 3 is 2.23 bits per heavy atom. The minimum Gasteiger partial charge on any atom is -0.398 e. The number of ketones is 2. The molecule has 0 radical (unpaired) electrons. The van der Waals surface area contributed by atoms with E-state index in [1.807, 2.05) is 0 Å². The fraction of sp³-hybridized carbons (Fsp3) is 0.176. The number of nitrogen functional groups attached to an aromatic ring is 1. The number of rotatable bonds is 3. The molecule has 3 rings (SSSR count). The number of nitrogens with two attached hydrogens (primary N) is 1. The molecule has 22 heavy (non-hydrogen) atoms. The highest BCUT2D eigenvalue weighted by Crippen LogP contribution is 2.32. The number of hydrogen-bond acceptors (Lipinski definition) is 5. The van der Waals surface area contributed by atoms with Crippen LogP contribution < -0.4 is 5.73 Å². The maximum Gasteiger partial charge on any atom is 0.196 e. The molecule has 0 bridgehead atoms. The molecule has 0 spiro atoms. The Balaban J connectivity index is 2.15. The fourth-order valence-electron chi connectivity index (χ4n) is 2.75. The second-order valence-corrected chi connectivity index (χ2v) is 5.31. The average Bonchev–Trinajstić information content (AvgIpc) is 2.54. The summed E-state index contributed by atoms with van der Waals surface area (Å²) in [6.45, 7) is -0.397. The predicted octanol–water partition coefficient (Wildman–Crippen LogP) is 0.940. The van der Waals surface area contributed by atoms with E-state index in [0.717, 1.165) is 0 Å². The van der Waals surface area contributed by atoms with Gasteiger partial charge in [-0.25, -0.2) is 0 Å². The molecule has 112 valence electrons. The zero-order valence-electron chi connectivity index (χ0n) is 11.7. The maximum absolute atomic E-state index is 12.6. The third-order valence-corrected chi connectivity index (χ3v) is 3.89. The molecule has 1 aliphatic carbocycles. The van der Waals surface area contributed by atoms with Crippen LogP contribution in [0.4, 0.5) is 5.69 Å². The van der Waals surface area contributed by atoms with Gasteiger partial charge >= 0.3 is 0 Å². The summed E-state index contributed by atoms with van der Waals surface area (Å²) in [5, 5.41) is 18.5. The van der Waals surface area contributed by atoms with Gasteiger partial charge < -0.3 is 15.9 Å².